The maximum absolute atomic E-state index is 12.5. The fourth-order valence-corrected chi connectivity index (χ4v) is 4.31. The monoisotopic (exact) mass is 389 g/mol. The van der Waals surface area contributed by atoms with E-state index in [1.807, 2.05) is 47.0 Å². The van der Waals surface area contributed by atoms with Gasteiger partial charge in [-0.15, -0.1) is 0 Å². The summed E-state index contributed by atoms with van der Waals surface area (Å²) in [7, 11) is 1.67. The Hall–Kier alpha value is -3.12. The number of nitrogens with zero attached hydrogens (tertiary/aromatic N) is 3. The highest BCUT2D eigenvalue weighted by molar-refractivity contribution is 5.80. The highest BCUT2D eigenvalue weighted by Crippen LogP contribution is 2.26. The van der Waals surface area contributed by atoms with Crippen molar-refractivity contribution in [1.82, 2.24) is 14.5 Å². The smallest absolute Gasteiger partial charge is 0.420 e. The van der Waals surface area contributed by atoms with Gasteiger partial charge >= 0.3 is 5.76 Å². The molecular formula is C23H23N3O3. The van der Waals surface area contributed by atoms with Crippen LogP contribution in [0.3, 0.4) is 0 Å². The van der Waals surface area contributed by atoms with Crippen molar-refractivity contribution < 1.29 is 9.15 Å². The molecule has 1 aliphatic rings. The van der Waals surface area contributed by atoms with Crippen LogP contribution in [0.2, 0.25) is 0 Å². The molecule has 148 valence electrons. The Morgan fingerprint density at radius 2 is 2.07 bits per heavy atom. The molecule has 0 saturated carbocycles. The first-order chi connectivity index (χ1) is 14.2. The topological polar surface area (TPSA) is 60.5 Å². The van der Waals surface area contributed by atoms with Crippen molar-refractivity contribution >= 4 is 22.0 Å². The zero-order valence-electron chi connectivity index (χ0n) is 16.4. The second-order valence-corrected chi connectivity index (χ2v) is 7.60. The van der Waals surface area contributed by atoms with Gasteiger partial charge < -0.3 is 9.15 Å². The number of likely N-dealkylation sites (tertiary alicyclic amines) is 1. The Balaban J connectivity index is 1.38. The summed E-state index contributed by atoms with van der Waals surface area (Å²) in [6.45, 7) is 2.58. The van der Waals surface area contributed by atoms with Crippen LogP contribution in [0.5, 0.6) is 5.75 Å². The SMILES string of the molecule is COc1ccc2nc(CN3CCCC(n4c(=O)oc5ccccc54)C3)ccc2c1. The van der Waals surface area contributed by atoms with E-state index in [2.05, 4.69) is 17.0 Å². The number of fused-ring (bicyclic) bond motifs is 2. The zero-order chi connectivity index (χ0) is 19.8. The van der Waals surface area contributed by atoms with Crippen molar-refractivity contribution in [2.24, 2.45) is 0 Å². The van der Waals surface area contributed by atoms with Crippen LogP contribution >= 0.6 is 0 Å². The number of rotatable bonds is 4. The minimum Gasteiger partial charge on any atom is -0.497 e. The van der Waals surface area contributed by atoms with Crippen LogP contribution in [0.4, 0.5) is 0 Å². The molecule has 2 aromatic heterocycles. The first-order valence-corrected chi connectivity index (χ1v) is 9.97. The van der Waals surface area contributed by atoms with Gasteiger partial charge in [0, 0.05) is 18.5 Å². The van der Waals surface area contributed by atoms with E-state index in [0.29, 0.717) is 5.58 Å². The summed E-state index contributed by atoms with van der Waals surface area (Å²) in [4.78, 5) is 19.6. The Morgan fingerprint density at radius 1 is 1.17 bits per heavy atom. The second kappa shape index (κ2) is 7.37. The second-order valence-electron chi connectivity index (χ2n) is 7.60. The van der Waals surface area contributed by atoms with Gasteiger partial charge in [-0.3, -0.25) is 14.5 Å². The van der Waals surface area contributed by atoms with Crippen molar-refractivity contribution in [2.75, 3.05) is 20.2 Å². The van der Waals surface area contributed by atoms with Crippen molar-refractivity contribution in [3.63, 3.8) is 0 Å². The first kappa shape index (κ1) is 17.9. The van der Waals surface area contributed by atoms with Gasteiger partial charge in [0.15, 0.2) is 5.58 Å². The molecule has 0 bridgehead atoms. The Morgan fingerprint density at radius 3 is 2.97 bits per heavy atom. The molecule has 0 aliphatic carbocycles. The van der Waals surface area contributed by atoms with Crippen LogP contribution in [-0.2, 0) is 6.54 Å². The van der Waals surface area contributed by atoms with E-state index in [4.69, 9.17) is 14.1 Å². The lowest BCUT2D eigenvalue weighted by atomic mass is 10.0. The summed E-state index contributed by atoms with van der Waals surface area (Å²) in [5.74, 6) is 0.569. The van der Waals surface area contributed by atoms with Crippen LogP contribution in [0.25, 0.3) is 22.0 Å². The number of benzene rings is 2. The number of methoxy groups -OCH3 is 1. The number of pyridine rings is 1. The number of oxazole rings is 1. The third-order valence-corrected chi connectivity index (χ3v) is 5.70. The quantitative estimate of drug-likeness (QED) is 0.528. The van der Waals surface area contributed by atoms with Crippen molar-refractivity contribution in [3.8, 4) is 5.75 Å². The molecule has 5 rings (SSSR count). The molecule has 0 N–H and O–H groups in total. The summed E-state index contributed by atoms with van der Waals surface area (Å²) in [5.41, 5.74) is 3.53. The van der Waals surface area contributed by atoms with E-state index in [1.165, 1.54) is 0 Å². The predicted molar refractivity (Wildman–Crippen MR) is 112 cm³/mol. The average molecular weight is 389 g/mol. The van der Waals surface area contributed by atoms with Gasteiger partial charge in [0.25, 0.3) is 0 Å². The van der Waals surface area contributed by atoms with Crippen LogP contribution in [0.1, 0.15) is 24.6 Å². The molecule has 0 spiro atoms. The number of ether oxygens (including phenoxy) is 1. The van der Waals surface area contributed by atoms with E-state index in [1.54, 1.807) is 7.11 Å². The van der Waals surface area contributed by atoms with E-state index in [-0.39, 0.29) is 11.8 Å². The van der Waals surface area contributed by atoms with Gasteiger partial charge in [0.2, 0.25) is 0 Å². The minimum absolute atomic E-state index is 0.115. The van der Waals surface area contributed by atoms with E-state index >= 15 is 0 Å². The highest BCUT2D eigenvalue weighted by Gasteiger charge is 2.25. The van der Waals surface area contributed by atoms with Crippen molar-refractivity contribution in [1.29, 1.82) is 0 Å². The van der Waals surface area contributed by atoms with E-state index < -0.39 is 0 Å². The molecular weight excluding hydrogens is 366 g/mol. The van der Waals surface area contributed by atoms with Crippen LogP contribution in [-0.4, -0.2) is 34.7 Å². The van der Waals surface area contributed by atoms with Gasteiger partial charge in [0.1, 0.15) is 5.75 Å². The summed E-state index contributed by atoms with van der Waals surface area (Å²) in [6, 6.07) is 17.9. The normalized spacial score (nSPS) is 17.8. The van der Waals surface area contributed by atoms with Gasteiger partial charge in [-0.25, -0.2) is 4.79 Å². The first-order valence-electron chi connectivity index (χ1n) is 9.97. The maximum atomic E-state index is 12.5. The Bertz CT molecular complexity index is 1230. The number of piperidine rings is 1. The van der Waals surface area contributed by atoms with Crippen LogP contribution in [0, 0.1) is 0 Å². The lowest BCUT2D eigenvalue weighted by Gasteiger charge is -2.32. The number of hydrogen-bond acceptors (Lipinski definition) is 5. The molecule has 0 radical (unpaired) electrons. The van der Waals surface area contributed by atoms with Crippen LogP contribution < -0.4 is 10.5 Å². The van der Waals surface area contributed by atoms with Gasteiger partial charge in [-0.1, -0.05) is 18.2 Å². The molecule has 29 heavy (non-hydrogen) atoms. The number of hydrogen-bond donors (Lipinski definition) is 0. The predicted octanol–water partition coefficient (Wildman–Crippen LogP) is 3.99. The maximum Gasteiger partial charge on any atom is 0.420 e. The Labute approximate surface area is 168 Å². The molecule has 0 amide bonds. The average Bonchev–Trinajstić information content (AvgIpc) is 3.09. The fraction of sp³-hybridized carbons (Fsp3) is 0.304. The number of para-hydroxylation sites is 2. The van der Waals surface area contributed by atoms with Gasteiger partial charge in [-0.2, -0.15) is 0 Å². The largest absolute Gasteiger partial charge is 0.497 e. The summed E-state index contributed by atoms with van der Waals surface area (Å²) < 4.78 is 12.6. The summed E-state index contributed by atoms with van der Waals surface area (Å²) in [6.07, 6.45) is 2.02. The molecule has 2 aromatic carbocycles. The summed E-state index contributed by atoms with van der Waals surface area (Å²) in [5, 5.41) is 1.07. The molecule has 1 unspecified atom stereocenters. The minimum atomic E-state index is -0.268. The molecule has 1 fully saturated rings. The molecule has 1 atom stereocenters. The van der Waals surface area contributed by atoms with Crippen LogP contribution in [0.15, 0.2) is 63.8 Å². The third kappa shape index (κ3) is 3.40. The third-order valence-electron chi connectivity index (χ3n) is 5.70. The van der Waals surface area contributed by atoms with Crippen molar-refractivity contribution in [2.45, 2.75) is 25.4 Å². The number of aromatic nitrogens is 2. The zero-order valence-corrected chi connectivity index (χ0v) is 16.4. The van der Waals surface area contributed by atoms with Crippen molar-refractivity contribution in [3.05, 3.63) is 70.8 Å². The molecule has 6 nitrogen and oxygen atoms in total. The van der Waals surface area contributed by atoms with E-state index in [9.17, 15) is 4.79 Å². The molecule has 3 heterocycles. The highest BCUT2D eigenvalue weighted by atomic mass is 16.5. The standard InChI is InChI=1S/C23H23N3O3/c1-28-19-10-11-20-16(13-19)8-9-17(24-20)14-25-12-4-5-18(15-25)26-21-6-2-3-7-22(21)29-23(26)27/h2-3,6-11,13,18H,4-5,12,14-15H2,1H3. The molecule has 4 aromatic rings. The Kier molecular flexibility index (Phi) is 4.56. The van der Waals surface area contributed by atoms with E-state index in [0.717, 1.165) is 60.3 Å². The van der Waals surface area contributed by atoms with Gasteiger partial charge in [0.05, 0.1) is 29.9 Å². The summed E-state index contributed by atoms with van der Waals surface area (Å²) >= 11 is 0. The molecule has 1 saturated heterocycles. The molecule has 1 aliphatic heterocycles. The van der Waals surface area contributed by atoms with Gasteiger partial charge in [-0.05, 0) is 55.8 Å². The fourth-order valence-electron chi connectivity index (χ4n) is 4.31. The lowest BCUT2D eigenvalue weighted by molar-refractivity contribution is 0.166. The molecule has 6 heteroatoms. The lowest BCUT2D eigenvalue weighted by Crippen LogP contribution is -2.38.